The van der Waals surface area contributed by atoms with E-state index < -0.39 is 22.7 Å². The molecule has 0 bridgehead atoms. The van der Waals surface area contributed by atoms with Crippen LogP contribution in [0.1, 0.15) is 54.0 Å². The van der Waals surface area contributed by atoms with Gasteiger partial charge in [-0.3, -0.25) is 0 Å². The van der Waals surface area contributed by atoms with E-state index in [1.165, 1.54) is 0 Å². The third kappa shape index (κ3) is 9.11. The molecule has 1 N–H and O–H groups in total. The normalized spacial score (nSPS) is 16.4. The molecule has 0 radical (unpaired) electrons. The van der Waals surface area contributed by atoms with Crippen molar-refractivity contribution in [3.05, 3.63) is 29.8 Å². The Bertz CT molecular complexity index is 705. The van der Waals surface area contributed by atoms with Crippen LogP contribution in [-0.2, 0) is 20.2 Å². The van der Waals surface area contributed by atoms with Crippen LogP contribution in [0.4, 0.5) is 0 Å². The summed E-state index contributed by atoms with van der Waals surface area (Å²) in [5.41, 5.74) is 1.04. The predicted molar refractivity (Wildman–Crippen MR) is 143 cm³/mol. The van der Waals surface area contributed by atoms with Crippen LogP contribution >= 0.6 is 0 Å². The van der Waals surface area contributed by atoms with Crippen LogP contribution in [-0.4, -0.2) is 54.3 Å². The summed E-state index contributed by atoms with van der Waals surface area (Å²) in [6.07, 6.45) is -1.07. The van der Waals surface area contributed by atoms with Gasteiger partial charge in [-0.05, 0) is 54.0 Å². The van der Waals surface area contributed by atoms with Crippen molar-refractivity contribution in [3.63, 3.8) is 0 Å². The fourth-order valence-electron chi connectivity index (χ4n) is 2.86. The first-order chi connectivity index (χ1) is 14.9. The molecule has 0 saturated heterocycles. The molecule has 0 unspecified atom stereocenters. The Morgan fingerprint density at radius 1 is 0.848 bits per heavy atom. The fraction of sp³-hybridized carbons (Fsp3) is 0.769. The largest absolute Gasteiger partial charge is 0.497 e. The average Bonchev–Trinajstić information content (AvgIpc) is 2.69. The number of hydrogen-bond donors (Lipinski definition) is 1. The number of hydrogen-bond acceptors (Lipinski definition) is 5. The van der Waals surface area contributed by atoms with Crippen molar-refractivity contribution in [2.45, 2.75) is 104 Å². The highest BCUT2D eigenvalue weighted by atomic mass is 28.4. The number of methoxy groups -OCH3 is 1. The number of ether oxygens (including phenoxy) is 2. The topological polar surface area (TPSA) is 57.2 Å². The van der Waals surface area contributed by atoms with E-state index in [1.807, 2.05) is 24.3 Å². The van der Waals surface area contributed by atoms with Crippen molar-refractivity contribution in [1.82, 2.24) is 0 Å². The lowest BCUT2D eigenvalue weighted by molar-refractivity contribution is -0.0620. The van der Waals surface area contributed by atoms with Crippen LogP contribution in [0, 0.1) is 5.92 Å². The van der Waals surface area contributed by atoms with Gasteiger partial charge in [-0.15, -0.1) is 0 Å². The monoisotopic (exact) mass is 498 g/mol. The van der Waals surface area contributed by atoms with Gasteiger partial charge in [0.05, 0.1) is 26.4 Å². The highest BCUT2D eigenvalue weighted by Crippen LogP contribution is 2.40. The highest BCUT2D eigenvalue weighted by molar-refractivity contribution is 6.74. The maximum absolute atomic E-state index is 11.2. The van der Waals surface area contributed by atoms with Gasteiger partial charge >= 0.3 is 0 Å². The molecule has 0 aliphatic rings. The first-order valence-electron chi connectivity index (χ1n) is 12.1. The number of benzene rings is 1. The minimum atomic E-state index is -2.09. The third-order valence-electron chi connectivity index (χ3n) is 7.41. The third-order valence-corrected chi connectivity index (χ3v) is 16.4. The van der Waals surface area contributed by atoms with Gasteiger partial charge < -0.3 is 23.4 Å². The molecule has 1 rings (SSSR count). The van der Waals surface area contributed by atoms with Gasteiger partial charge in [0.25, 0.3) is 0 Å². The van der Waals surface area contributed by atoms with E-state index in [1.54, 1.807) is 7.11 Å². The smallest absolute Gasteiger partial charge is 0.192 e. The Hall–Kier alpha value is -0.706. The Labute approximate surface area is 205 Å². The van der Waals surface area contributed by atoms with Crippen molar-refractivity contribution >= 4 is 16.6 Å². The zero-order chi connectivity index (χ0) is 25.7. The molecule has 1 aromatic carbocycles. The molecule has 33 heavy (non-hydrogen) atoms. The lowest BCUT2D eigenvalue weighted by Crippen LogP contribution is -2.52. The molecule has 0 aliphatic heterocycles. The maximum atomic E-state index is 11.2. The zero-order valence-electron chi connectivity index (χ0n) is 23.2. The van der Waals surface area contributed by atoms with Crippen molar-refractivity contribution in [1.29, 1.82) is 0 Å². The second-order valence-electron chi connectivity index (χ2n) is 12.3. The average molecular weight is 499 g/mol. The van der Waals surface area contributed by atoms with E-state index in [-0.39, 0.29) is 28.7 Å². The van der Waals surface area contributed by atoms with Crippen LogP contribution in [0.3, 0.4) is 0 Å². The van der Waals surface area contributed by atoms with Crippen LogP contribution in [0.25, 0.3) is 0 Å². The summed E-state index contributed by atoms with van der Waals surface area (Å²) in [4.78, 5) is 0. The maximum Gasteiger partial charge on any atom is 0.192 e. The van der Waals surface area contributed by atoms with Gasteiger partial charge in [0, 0.05) is 12.5 Å². The number of aliphatic hydroxyl groups is 1. The molecule has 0 heterocycles. The van der Waals surface area contributed by atoms with Crippen LogP contribution < -0.4 is 4.74 Å². The van der Waals surface area contributed by atoms with E-state index in [0.717, 1.165) is 11.3 Å². The summed E-state index contributed by atoms with van der Waals surface area (Å²) in [5.74, 6) is 0.866. The van der Waals surface area contributed by atoms with Crippen molar-refractivity contribution in [3.8, 4) is 5.75 Å². The van der Waals surface area contributed by atoms with Crippen LogP contribution in [0.15, 0.2) is 24.3 Å². The van der Waals surface area contributed by atoms with E-state index >= 15 is 0 Å². The predicted octanol–water partition coefficient (Wildman–Crippen LogP) is 6.62. The SMILES string of the molecule is COc1ccc(COC[C@H](O)[C@@H](O[Si](C)(C)C(C)(C)C)[C@H](C)CO[Si](C)(C)C(C)(C)C)cc1. The van der Waals surface area contributed by atoms with Crippen LogP contribution in [0.5, 0.6) is 5.75 Å². The van der Waals surface area contributed by atoms with E-state index in [9.17, 15) is 5.11 Å². The molecular formula is C26H50O5Si2. The first-order valence-corrected chi connectivity index (χ1v) is 17.9. The summed E-state index contributed by atoms with van der Waals surface area (Å²) in [7, 11) is -2.33. The molecule has 3 atom stereocenters. The van der Waals surface area contributed by atoms with E-state index in [0.29, 0.717) is 13.2 Å². The Morgan fingerprint density at radius 3 is 1.82 bits per heavy atom. The molecule has 0 spiro atoms. The Balaban J connectivity index is 2.89. The van der Waals surface area contributed by atoms with E-state index in [2.05, 4.69) is 74.7 Å². The molecule has 1 aromatic rings. The fourth-order valence-corrected chi connectivity index (χ4v) is 5.39. The van der Waals surface area contributed by atoms with Gasteiger partial charge in [-0.25, -0.2) is 0 Å². The molecule has 0 saturated carbocycles. The molecule has 192 valence electrons. The second-order valence-corrected chi connectivity index (χ2v) is 21.9. The summed E-state index contributed by atoms with van der Waals surface area (Å²) in [6.45, 7) is 25.7. The number of rotatable bonds is 12. The standard InChI is InChI=1S/C26H50O5Si2/c1-20(17-30-32(9,10)25(2,3)4)24(31-33(11,12)26(5,6)7)23(27)19-29-18-21-13-15-22(28-8)16-14-21/h13-16,20,23-24,27H,17-19H2,1-12H3/t20-,23+,24+/m1/s1. The molecule has 0 fully saturated rings. The van der Waals surface area contributed by atoms with Gasteiger partial charge in [-0.2, -0.15) is 0 Å². The lowest BCUT2D eigenvalue weighted by atomic mass is 10.0. The summed E-state index contributed by atoms with van der Waals surface area (Å²) in [5, 5.41) is 11.4. The highest BCUT2D eigenvalue weighted by Gasteiger charge is 2.43. The van der Waals surface area contributed by atoms with Gasteiger partial charge in [-0.1, -0.05) is 60.6 Å². The Kier molecular flexibility index (Phi) is 10.9. The molecule has 7 heteroatoms. The summed E-state index contributed by atoms with van der Waals surface area (Å²) >= 11 is 0. The zero-order valence-corrected chi connectivity index (χ0v) is 25.2. The molecule has 0 aliphatic carbocycles. The number of aliphatic hydroxyl groups excluding tert-OH is 1. The summed E-state index contributed by atoms with van der Waals surface area (Å²) in [6, 6.07) is 7.78. The minimum Gasteiger partial charge on any atom is -0.497 e. The molecular weight excluding hydrogens is 448 g/mol. The van der Waals surface area contributed by atoms with Gasteiger partial charge in [0.15, 0.2) is 16.6 Å². The van der Waals surface area contributed by atoms with Crippen molar-refractivity contribution < 1.29 is 23.4 Å². The molecule has 0 amide bonds. The van der Waals surface area contributed by atoms with Crippen molar-refractivity contribution in [2.75, 3.05) is 20.3 Å². The molecule has 5 nitrogen and oxygen atoms in total. The van der Waals surface area contributed by atoms with E-state index in [4.69, 9.17) is 18.3 Å². The van der Waals surface area contributed by atoms with Gasteiger partial charge in [0.2, 0.25) is 0 Å². The summed E-state index contributed by atoms with van der Waals surface area (Å²) < 4.78 is 24.3. The second kappa shape index (κ2) is 11.8. The minimum absolute atomic E-state index is 0.0489. The first kappa shape index (κ1) is 30.3. The Morgan fingerprint density at radius 2 is 1.36 bits per heavy atom. The quantitative estimate of drug-likeness (QED) is 0.328. The van der Waals surface area contributed by atoms with Crippen molar-refractivity contribution in [2.24, 2.45) is 5.92 Å². The lowest BCUT2D eigenvalue weighted by Gasteiger charge is -2.43. The van der Waals surface area contributed by atoms with Crippen LogP contribution in [0.2, 0.25) is 36.3 Å². The van der Waals surface area contributed by atoms with Gasteiger partial charge in [0.1, 0.15) is 11.9 Å². The molecule has 0 aromatic heterocycles.